The third kappa shape index (κ3) is 3.82. The highest BCUT2D eigenvalue weighted by atomic mass is 79.9. The summed E-state index contributed by atoms with van der Waals surface area (Å²) in [6, 6.07) is 12.6. The molecule has 3 aromatic rings. The zero-order valence-electron chi connectivity index (χ0n) is 15.7. The van der Waals surface area contributed by atoms with Gasteiger partial charge in [0.2, 0.25) is 0 Å². The summed E-state index contributed by atoms with van der Waals surface area (Å²) in [5.74, 6) is -0.658. The van der Waals surface area contributed by atoms with Crippen LogP contribution in [0.1, 0.15) is 28.5 Å². The number of amides is 1. The number of carbonyl (C=O) groups excluding carboxylic acids is 2. The molecule has 1 aromatic heterocycles. The standard InChI is InChI=1S/C22H18BrClN2O3/c1-2-29-22(28)18-12-26(21(27)13-3-6-15(24)7-4-13)10-9-16-17-11-14(23)5-8-19(17)25-20(16)18/h3-8,11-12,25H,2,9-10H2,1H3. The summed E-state index contributed by atoms with van der Waals surface area (Å²) < 4.78 is 6.22. The van der Waals surface area contributed by atoms with Gasteiger partial charge in [-0.3, -0.25) is 4.79 Å². The van der Waals surface area contributed by atoms with Crippen molar-refractivity contribution in [2.75, 3.05) is 13.2 Å². The zero-order chi connectivity index (χ0) is 20.5. The molecule has 0 aliphatic carbocycles. The van der Waals surface area contributed by atoms with Crippen LogP contribution in [0.4, 0.5) is 0 Å². The van der Waals surface area contributed by atoms with E-state index in [-0.39, 0.29) is 12.5 Å². The van der Waals surface area contributed by atoms with Crippen LogP contribution >= 0.6 is 27.5 Å². The molecule has 2 aromatic carbocycles. The van der Waals surface area contributed by atoms with Crippen molar-refractivity contribution in [3.8, 4) is 0 Å². The Morgan fingerprint density at radius 1 is 1.21 bits per heavy atom. The van der Waals surface area contributed by atoms with Crippen LogP contribution in [0.2, 0.25) is 5.02 Å². The van der Waals surface area contributed by atoms with Gasteiger partial charge in [0, 0.05) is 38.7 Å². The van der Waals surface area contributed by atoms with Gasteiger partial charge in [0.15, 0.2) is 0 Å². The molecule has 0 bridgehead atoms. The van der Waals surface area contributed by atoms with Crippen molar-refractivity contribution in [2.45, 2.75) is 13.3 Å². The molecule has 0 unspecified atom stereocenters. The van der Waals surface area contributed by atoms with Gasteiger partial charge in [-0.05, 0) is 61.4 Å². The molecule has 4 rings (SSSR count). The average molecular weight is 474 g/mol. The molecule has 1 N–H and O–H groups in total. The maximum Gasteiger partial charge on any atom is 0.341 e. The Morgan fingerprint density at radius 3 is 2.69 bits per heavy atom. The molecule has 1 aliphatic rings. The Balaban J connectivity index is 1.80. The van der Waals surface area contributed by atoms with Crippen LogP contribution < -0.4 is 0 Å². The fraction of sp³-hybridized carbons (Fsp3) is 0.182. The maximum atomic E-state index is 13.0. The van der Waals surface area contributed by atoms with E-state index in [2.05, 4.69) is 20.9 Å². The number of fused-ring (bicyclic) bond motifs is 3. The van der Waals surface area contributed by atoms with E-state index < -0.39 is 5.97 Å². The number of ether oxygens (including phenoxy) is 1. The molecule has 0 saturated heterocycles. The fourth-order valence-corrected chi connectivity index (χ4v) is 4.00. The normalized spacial score (nSPS) is 13.6. The van der Waals surface area contributed by atoms with Gasteiger partial charge >= 0.3 is 5.97 Å². The number of aromatic amines is 1. The summed E-state index contributed by atoms with van der Waals surface area (Å²) >= 11 is 9.45. The smallest absolute Gasteiger partial charge is 0.341 e. The number of nitrogens with one attached hydrogen (secondary N) is 1. The molecule has 7 heteroatoms. The lowest BCUT2D eigenvalue weighted by Gasteiger charge is -2.18. The van der Waals surface area contributed by atoms with Crippen LogP contribution in [0.3, 0.4) is 0 Å². The van der Waals surface area contributed by atoms with Gasteiger partial charge in [-0.2, -0.15) is 0 Å². The van der Waals surface area contributed by atoms with Crippen LogP contribution in [-0.4, -0.2) is 34.9 Å². The summed E-state index contributed by atoms with van der Waals surface area (Å²) in [6.45, 7) is 2.45. The van der Waals surface area contributed by atoms with E-state index in [1.54, 1.807) is 42.3 Å². The molecule has 2 heterocycles. The van der Waals surface area contributed by atoms with Crippen LogP contribution in [0.5, 0.6) is 0 Å². The second-order valence-corrected chi connectivity index (χ2v) is 8.04. The number of halogens is 2. The van der Waals surface area contributed by atoms with E-state index in [1.165, 1.54) is 0 Å². The molecule has 1 amide bonds. The summed E-state index contributed by atoms with van der Waals surface area (Å²) in [5.41, 5.74) is 3.47. The molecular formula is C22H18BrClN2O3. The summed E-state index contributed by atoms with van der Waals surface area (Å²) in [4.78, 5) is 30.7. The first kappa shape index (κ1) is 19.7. The number of rotatable bonds is 3. The van der Waals surface area contributed by atoms with Gasteiger partial charge in [0.05, 0.1) is 17.9 Å². The molecule has 29 heavy (non-hydrogen) atoms. The number of hydrogen-bond donors (Lipinski definition) is 1. The van der Waals surface area contributed by atoms with Crippen molar-refractivity contribution in [1.82, 2.24) is 9.88 Å². The molecule has 0 atom stereocenters. The van der Waals surface area contributed by atoms with Crippen molar-refractivity contribution in [3.63, 3.8) is 0 Å². The van der Waals surface area contributed by atoms with Crippen LogP contribution in [-0.2, 0) is 16.0 Å². The molecule has 0 radical (unpaired) electrons. The first-order chi connectivity index (χ1) is 14.0. The van der Waals surface area contributed by atoms with E-state index in [9.17, 15) is 9.59 Å². The number of esters is 1. The fourth-order valence-electron chi connectivity index (χ4n) is 3.51. The van der Waals surface area contributed by atoms with Gasteiger partial charge < -0.3 is 14.6 Å². The van der Waals surface area contributed by atoms with Crippen LogP contribution in [0.15, 0.2) is 53.1 Å². The number of nitrogens with zero attached hydrogens (tertiary/aromatic N) is 1. The highest BCUT2D eigenvalue weighted by Crippen LogP contribution is 2.33. The average Bonchev–Trinajstić information content (AvgIpc) is 2.94. The van der Waals surface area contributed by atoms with Crippen molar-refractivity contribution >= 4 is 55.9 Å². The highest BCUT2D eigenvalue weighted by molar-refractivity contribution is 9.10. The van der Waals surface area contributed by atoms with E-state index >= 15 is 0 Å². The van der Waals surface area contributed by atoms with E-state index in [0.29, 0.717) is 34.8 Å². The lowest BCUT2D eigenvalue weighted by molar-refractivity contribution is -0.136. The number of aromatic nitrogens is 1. The molecule has 1 aliphatic heterocycles. The molecular weight excluding hydrogens is 456 g/mol. The van der Waals surface area contributed by atoms with Gasteiger partial charge in [-0.15, -0.1) is 0 Å². The Labute approximate surface area is 181 Å². The van der Waals surface area contributed by atoms with Crippen molar-refractivity contribution in [2.24, 2.45) is 0 Å². The summed E-state index contributed by atoms with van der Waals surface area (Å²) in [5, 5.41) is 1.58. The van der Waals surface area contributed by atoms with E-state index in [1.807, 2.05) is 18.2 Å². The monoisotopic (exact) mass is 472 g/mol. The zero-order valence-corrected chi connectivity index (χ0v) is 18.0. The lowest BCUT2D eigenvalue weighted by atomic mass is 10.0. The van der Waals surface area contributed by atoms with E-state index in [4.69, 9.17) is 16.3 Å². The predicted octanol–water partition coefficient (Wildman–Crippen LogP) is 5.19. The third-order valence-corrected chi connectivity index (χ3v) is 5.62. The maximum absolute atomic E-state index is 13.0. The largest absolute Gasteiger partial charge is 0.462 e. The number of hydrogen-bond acceptors (Lipinski definition) is 3. The van der Waals surface area contributed by atoms with Gasteiger partial charge in [-0.25, -0.2) is 4.79 Å². The van der Waals surface area contributed by atoms with Crippen molar-refractivity contribution in [3.05, 3.63) is 75.0 Å². The van der Waals surface area contributed by atoms with Crippen molar-refractivity contribution in [1.29, 1.82) is 0 Å². The number of carbonyl (C=O) groups is 2. The minimum atomic E-state index is -0.463. The molecule has 0 spiro atoms. The number of benzene rings is 2. The Hall–Kier alpha value is -2.57. The Bertz CT molecular complexity index is 1130. The SMILES string of the molecule is CCOC(=O)C1=CN(C(=O)c2ccc(Cl)cc2)CCc2c1[nH]c1ccc(Br)cc21. The van der Waals surface area contributed by atoms with Gasteiger partial charge in [0.25, 0.3) is 5.91 Å². The Kier molecular flexibility index (Phi) is 5.48. The molecule has 0 fully saturated rings. The topological polar surface area (TPSA) is 62.4 Å². The number of H-pyrrole nitrogens is 1. The first-order valence-corrected chi connectivity index (χ1v) is 10.4. The summed E-state index contributed by atoms with van der Waals surface area (Å²) in [7, 11) is 0. The second-order valence-electron chi connectivity index (χ2n) is 6.69. The minimum absolute atomic E-state index is 0.195. The Morgan fingerprint density at radius 2 is 1.97 bits per heavy atom. The first-order valence-electron chi connectivity index (χ1n) is 9.24. The molecule has 148 valence electrons. The second kappa shape index (κ2) is 8.05. The van der Waals surface area contributed by atoms with Crippen LogP contribution in [0, 0.1) is 0 Å². The van der Waals surface area contributed by atoms with Gasteiger partial charge in [0.1, 0.15) is 0 Å². The van der Waals surface area contributed by atoms with E-state index in [0.717, 1.165) is 20.9 Å². The van der Waals surface area contributed by atoms with Gasteiger partial charge in [-0.1, -0.05) is 27.5 Å². The summed E-state index contributed by atoms with van der Waals surface area (Å²) in [6.07, 6.45) is 2.19. The van der Waals surface area contributed by atoms with Crippen molar-refractivity contribution < 1.29 is 14.3 Å². The minimum Gasteiger partial charge on any atom is -0.462 e. The predicted molar refractivity (Wildman–Crippen MR) is 117 cm³/mol. The molecule has 5 nitrogen and oxygen atoms in total. The molecule has 0 saturated carbocycles. The highest BCUT2D eigenvalue weighted by Gasteiger charge is 2.27. The quantitative estimate of drug-likeness (QED) is 0.533. The lowest BCUT2D eigenvalue weighted by Crippen LogP contribution is -2.28. The third-order valence-electron chi connectivity index (χ3n) is 4.87. The van der Waals surface area contributed by atoms with Crippen LogP contribution in [0.25, 0.3) is 16.5 Å².